The van der Waals surface area contributed by atoms with E-state index in [-0.39, 0.29) is 5.56 Å². The van der Waals surface area contributed by atoms with Crippen molar-refractivity contribution in [3.05, 3.63) is 35.9 Å². The highest BCUT2D eigenvalue weighted by Crippen LogP contribution is 2.15. The number of carbonyl (C=O) groups is 1. The van der Waals surface area contributed by atoms with Crippen LogP contribution in [-0.2, 0) is 0 Å². The zero-order valence-electron chi connectivity index (χ0n) is 7.27. The van der Waals surface area contributed by atoms with Gasteiger partial charge in [-0.25, -0.2) is 9.78 Å². The lowest BCUT2D eigenvalue weighted by molar-refractivity contribution is 0.0697. The monoisotopic (exact) mass is 188 g/mol. The SMILES string of the molecule is Nc1ccc2cc(C(=O)O)ccc2n1. The van der Waals surface area contributed by atoms with Gasteiger partial charge in [-0.05, 0) is 30.3 Å². The summed E-state index contributed by atoms with van der Waals surface area (Å²) in [5.41, 5.74) is 6.45. The Hall–Kier alpha value is -2.10. The largest absolute Gasteiger partial charge is 0.478 e. The van der Waals surface area contributed by atoms with Gasteiger partial charge in [0.1, 0.15) is 5.82 Å². The number of benzene rings is 1. The molecular weight excluding hydrogens is 180 g/mol. The van der Waals surface area contributed by atoms with Gasteiger partial charge in [0.2, 0.25) is 0 Å². The number of aromatic nitrogens is 1. The van der Waals surface area contributed by atoms with Crippen LogP contribution in [0.5, 0.6) is 0 Å². The van der Waals surface area contributed by atoms with E-state index in [1.165, 1.54) is 6.07 Å². The molecule has 0 aliphatic heterocycles. The molecule has 0 spiro atoms. The number of nitrogens with zero attached hydrogens (tertiary/aromatic N) is 1. The van der Waals surface area contributed by atoms with Gasteiger partial charge in [-0.2, -0.15) is 0 Å². The highest BCUT2D eigenvalue weighted by Gasteiger charge is 2.03. The van der Waals surface area contributed by atoms with Crippen molar-refractivity contribution in [1.82, 2.24) is 4.98 Å². The van der Waals surface area contributed by atoms with Gasteiger partial charge >= 0.3 is 5.97 Å². The summed E-state index contributed by atoms with van der Waals surface area (Å²) < 4.78 is 0. The highest BCUT2D eigenvalue weighted by molar-refractivity contribution is 5.93. The van der Waals surface area contributed by atoms with E-state index >= 15 is 0 Å². The molecular formula is C10H8N2O2. The first kappa shape index (κ1) is 8.50. The van der Waals surface area contributed by atoms with Crippen LogP contribution in [0.4, 0.5) is 5.82 Å². The predicted octanol–water partition coefficient (Wildman–Crippen LogP) is 1.52. The van der Waals surface area contributed by atoms with Crippen LogP contribution in [0.2, 0.25) is 0 Å². The number of carboxylic acids is 1. The maximum Gasteiger partial charge on any atom is 0.335 e. The standard InChI is InChI=1S/C10H8N2O2/c11-9-4-2-6-5-7(10(13)14)1-3-8(6)12-9/h1-5H,(H2,11,12)(H,13,14). The van der Waals surface area contributed by atoms with Crippen LogP contribution in [0.15, 0.2) is 30.3 Å². The molecule has 0 radical (unpaired) electrons. The second-order valence-corrected chi connectivity index (χ2v) is 2.95. The van der Waals surface area contributed by atoms with E-state index in [1.54, 1.807) is 24.3 Å². The normalized spacial score (nSPS) is 10.3. The van der Waals surface area contributed by atoms with E-state index in [0.717, 1.165) is 5.39 Å². The van der Waals surface area contributed by atoms with Crippen molar-refractivity contribution in [3.63, 3.8) is 0 Å². The van der Waals surface area contributed by atoms with E-state index in [9.17, 15) is 4.79 Å². The van der Waals surface area contributed by atoms with Gasteiger partial charge in [0.25, 0.3) is 0 Å². The Labute approximate surface area is 80.0 Å². The van der Waals surface area contributed by atoms with Crippen molar-refractivity contribution in [2.24, 2.45) is 0 Å². The molecule has 1 aromatic carbocycles. The molecule has 4 heteroatoms. The number of hydrogen-bond donors (Lipinski definition) is 2. The number of carboxylic acid groups (broad SMARTS) is 1. The summed E-state index contributed by atoms with van der Waals surface area (Å²) in [4.78, 5) is 14.7. The first-order chi connectivity index (χ1) is 6.66. The quantitative estimate of drug-likeness (QED) is 0.711. The third kappa shape index (κ3) is 1.37. The number of nitrogen functional groups attached to an aromatic ring is 1. The minimum absolute atomic E-state index is 0.254. The first-order valence-electron chi connectivity index (χ1n) is 4.06. The molecule has 0 atom stereocenters. The van der Waals surface area contributed by atoms with E-state index in [1.807, 2.05) is 0 Å². The molecule has 0 amide bonds. The van der Waals surface area contributed by atoms with Gasteiger partial charge < -0.3 is 10.8 Å². The average molecular weight is 188 g/mol. The summed E-state index contributed by atoms with van der Waals surface area (Å²) in [6, 6.07) is 8.13. The van der Waals surface area contributed by atoms with Crippen LogP contribution in [0.25, 0.3) is 10.9 Å². The van der Waals surface area contributed by atoms with Gasteiger partial charge in [-0.1, -0.05) is 0 Å². The molecule has 0 saturated heterocycles. The number of rotatable bonds is 1. The second-order valence-electron chi connectivity index (χ2n) is 2.95. The summed E-state index contributed by atoms with van der Waals surface area (Å²) in [6.07, 6.45) is 0. The highest BCUT2D eigenvalue weighted by atomic mass is 16.4. The number of hydrogen-bond acceptors (Lipinski definition) is 3. The van der Waals surface area contributed by atoms with Gasteiger partial charge in [0, 0.05) is 5.39 Å². The minimum Gasteiger partial charge on any atom is -0.478 e. The van der Waals surface area contributed by atoms with E-state index in [0.29, 0.717) is 11.3 Å². The zero-order valence-corrected chi connectivity index (χ0v) is 7.27. The van der Waals surface area contributed by atoms with Crippen LogP contribution in [0.3, 0.4) is 0 Å². The summed E-state index contributed by atoms with van der Waals surface area (Å²) in [5.74, 6) is -0.510. The Morgan fingerprint density at radius 2 is 2.07 bits per heavy atom. The Bertz CT molecular complexity index is 508. The van der Waals surface area contributed by atoms with Crippen LogP contribution in [-0.4, -0.2) is 16.1 Å². The molecule has 2 aromatic rings. The Kier molecular flexibility index (Phi) is 1.81. The van der Waals surface area contributed by atoms with E-state index < -0.39 is 5.97 Å². The molecule has 0 fully saturated rings. The number of pyridine rings is 1. The fourth-order valence-electron chi connectivity index (χ4n) is 1.27. The zero-order chi connectivity index (χ0) is 10.1. The topological polar surface area (TPSA) is 76.2 Å². The van der Waals surface area contributed by atoms with E-state index in [4.69, 9.17) is 10.8 Å². The third-order valence-corrected chi connectivity index (χ3v) is 1.96. The molecule has 0 bridgehead atoms. The van der Waals surface area contributed by atoms with Crippen LogP contribution in [0.1, 0.15) is 10.4 Å². The number of fused-ring (bicyclic) bond motifs is 1. The molecule has 2 rings (SSSR count). The van der Waals surface area contributed by atoms with Crippen molar-refractivity contribution in [2.45, 2.75) is 0 Å². The summed E-state index contributed by atoms with van der Waals surface area (Å²) >= 11 is 0. The molecule has 14 heavy (non-hydrogen) atoms. The molecule has 0 aliphatic carbocycles. The minimum atomic E-state index is -0.941. The average Bonchev–Trinajstić information content (AvgIpc) is 2.16. The number of nitrogens with two attached hydrogens (primary N) is 1. The fraction of sp³-hybridized carbons (Fsp3) is 0. The smallest absolute Gasteiger partial charge is 0.335 e. The lowest BCUT2D eigenvalue weighted by Crippen LogP contribution is -1.96. The van der Waals surface area contributed by atoms with Gasteiger partial charge in [0.15, 0.2) is 0 Å². The van der Waals surface area contributed by atoms with Gasteiger partial charge in [-0.15, -0.1) is 0 Å². The molecule has 3 N–H and O–H groups in total. The molecule has 4 nitrogen and oxygen atoms in total. The second kappa shape index (κ2) is 2.99. The molecule has 0 aliphatic rings. The van der Waals surface area contributed by atoms with Crippen molar-refractivity contribution in [3.8, 4) is 0 Å². The van der Waals surface area contributed by atoms with Crippen molar-refractivity contribution >= 4 is 22.7 Å². The molecule has 1 heterocycles. The maximum absolute atomic E-state index is 10.7. The van der Waals surface area contributed by atoms with Crippen molar-refractivity contribution in [2.75, 3.05) is 5.73 Å². The Morgan fingerprint density at radius 3 is 2.79 bits per heavy atom. The summed E-state index contributed by atoms with van der Waals surface area (Å²) in [6.45, 7) is 0. The maximum atomic E-state index is 10.7. The van der Waals surface area contributed by atoms with Crippen molar-refractivity contribution in [1.29, 1.82) is 0 Å². The van der Waals surface area contributed by atoms with Gasteiger partial charge in [-0.3, -0.25) is 0 Å². The molecule has 1 aromatic heterocycles. The van der Waals surface area contributed by atoms with Crippen LogP contribution in [0, 0.1) is 0 Å². The molecule has 0 unspecified atom stereocenters. The molecule has 0 saturated carbocycles. The van der Waals surface area contributed by atoms with Crippen molar-refractivity contribution < 1.29 is 9.90 Å². The van der Waals surface area contributed by atoms with Crippen LogP contribution >= 0.6 is 0 Å². The lowest BCUT2D eigenvalue weighted by Gasteiger charge is -1.99. The number of aromatic carboxylic acids is 1. The number of anilines is 1. The molecule has 70 valence electrons. The summed E-state index contributed by atoms with van der Waals surface area (Å²) in [5, 5.41) is 9.53. The first-order valence-corrected chi connectivity index (χ1v) is 4.06. The summed E-state index contributed by atoms with van der Waals surface area (Å²) in [7, 11) is 0. The third-order valence-electron chi connectivity index (χ3n) is 1.96. The fourth-order valence-corrected chi connectivity index (χ4v) is 1.27. The van der Waals surface area contributed by atoms with Crippen LogP contribution < -0.4 is 5.73 Å². The lowest BCUT2D eigenvalue weighted by atomic mass is 10.1. The van der Waals surface area contributed by atoms with E-state index in [2.05, 4.69) is 4.98 Å². The predicted molar refractivity (Wildman–Crippen MR) is 53.1 cm³/mol. The Morgan fingerprint density at radius 1 is 1.29 bits per heavy atom. The Balaban J connectivity index is 2.67. The van der Waals surface area contributed by atoms with Gasteiger partial charge in [0.05, 0.1) is 11.1 Å².